The lowest BCUT2D eigenvalue weighted by atomic mass is 9.81. The van der Waals surface area contributed by atoms with Crippen molar-refractivity contribution in [3.8, 4) is 0 Å². The fourth-order valence-corrected chi connectivity index (χ4v) is 4.31. The molecule has 3 unspecified atom stereocenters. The minimum atomic E-state index is -0.0578. The molecular formula is C13H19N3OS. The quantitative estimate of drug-likeness (QED) is 0.883. The van der Waals surface area contributed by atoms with Gasteiger partial charge in [-0.05, 0) is 37.0 Å². The van der Waals surface area contributed by atoms with Gasteiger partial charge in [-0.1, -0.05) is 0 Å². The average Bonchev–Trinajstić information content (AvgIpc) is 2.87. The lowest BCUT2D eigenvalue weighted by molar-refractivity contribution is -0.0838. The summed E-state index contributed by atoms with van der Waals surface area (Å²) in [6.07, 6.45) is 6.77. The van der Waals surface area contributed by atoms with Gasteiger partial charge < -0.3 is 10.5 Å². The molecule has 2 N–H and O–H groups in total. The second kappa shape index (κ2) is 5.15. The highest BCUT2D eigenvalue weighted by molar-refractivity contribution is 7.99. The predicted molar refractivity (Wildman–Crippen MR) is 72.3 cm³/mol. The zero-order valence-corrected chi connectivity index (χ0v) is 11.2. The summed E-state index contributed by atoms with van der Waals surface area (Å²) in [6.45, 7) is 0.825. The van der Waals surface area contributed by atoms with E-state index in [1.807, 2.05) is 17.8 Å². The summed E-state index contributed by atoms with van der Waals surface area (Å²) < 4.78 is 6.03. The number of thioether (sulfide) groups is 1. The molecule has 18 heavy (non-hydrogen) atoms. The van der Waals surface area contributed by atoms with Crippen molar-refractivity contribution in [1.29, 1.82) is 0 Å². The summed E-state index contributed by atoms with van der Waals surface area (Å²) in [6, 6.07) is 1.77. The van der Waals surface area contributed by atoms with Crippen molar-refractivity contribution in [2.45, 2.75) is 30.9 Å². The van der Waals surface area contributed by atoms with E-state index in [9.17, 15) is 0 Å². The second-order valence-corrected chi connectivity index (χ2v) is 6.32. The van der Waals surface area contributed by atoms with Gasteiger partial charge in [-0.25, -0.2) is 9.97 Å². The fraction of sp³-hybridized carbons (Fsp3) is 0.692. The molecule has 3 rings (SSSR count). The van der Waals surface area contributed by atoms with E-state index in [0.29, 0.717) is 5.92 Å². The zero-order chi connectivity index (χ0) is 12.4. The van der Waals surface area contributed by atoms with Gasteiger partial charge >= 0.3 is 0 Å². The molecule has 2 aliphatic rings. The molecule has 3 atom stereocenters. The lowest BCUT2D eigenvalue weighted by Crippen LogP contribution is -2.43. The summed E-state index contributed by atoms with van der Waals surface area (Å²) in [5, 5.41) is 0. The number of nitrogens with two attached hydrogens (primary N) is 1. The van der Waals surface area contributed by atoms with Crippen LogP contribution in [0.4, 0.5) is 0 Å². The molecule has 2 saturated heterocycles. The lowest BCUT2D eigenvalue weighted by Gasteiger charge is -2.39. The van der Waals surface area contributed by atoms with Crippen LogP contribution in [0.25, 0.3) is 0 Å². The van der Waals surface area contributed by atoms with E-state index in [1.165, 1.54) is 5.75 Å². The largest absolute Gasteiger partial charge is 0.374 e. The Hall–Kier alpha value is -0.650. The topological polar surface area (TPSA) is 61.0 Å². The van der Waals surface area contributed by atoms with E-state index >= 15 is 0 Å². The Balaban J connectivity index is 1.72. The molecule has 0 aliphatic carbocycles. The highest BCUT2D eigenvalue weighted by Gasteiger charge is 2.42. The average molecular weight is 265 g/mol. The molecule has 1 aromatic rings. The third-order valence-corrected chi connectivity index (χ3v) is 5.21. The summed E-state index contributed by atoms with van der Waals surface area (Å²) in [7, 11) is 0. The van der Waals surface area contributed by atoms with E-state index in [4.69, 9.17) is 10.5 Å². The van der Waals surface area contributed by atoms with Gasteiger partial charge in [0.2, 0.25) is 0 Å². The van der Waals surface area contributed by atoms with Crippen molar-refractivity contribution >= 4 is 11.8 Å². The zero-order valence-electron chi connectivity index (χ0n) is 10.4. The van der Waals surface area contributed by atoms with Crippen molar-refractivity contribution in [1.82, 2.24) is 9.97 Å². The van der Waals surface area contributed by atoms with Gasteiger partial charge in [0.05, 0.1) is 11.6 Å². The van der Waals surface area contributed by atoms with Crippen LogP contribution in [0.1, 0.15) is 31.1 Å². The summed E-state index contributed by atoms with van der Waals surface area (Å²) in [5.74, 6) is 3.54. The summed E-state index contributed by atoms with van der Waals surface area (Å²) >= 11 is 1.99. The molecule has 0 bridgehead atoms. The van der Waals surface area contributed by atoms with E-state index < -0.39 is 0 Å². The molecule has 0 saturated carbocycles. The van der Waals surface area contributed by atoms with Gasteiger partial charge in [-0.2, -0.15) is 11.8 Å². The third-order valence-electron chi connectivity index (χ3n) is 3.99. The Labute approximate surface area is 112 Å². The SMILES string of the molecule is NC(c1ncccn1)C1CCOC2(CCSC2)C1. The standard InChI is InChI=1S/C13H19N3OS/c14-11(12-15-4-1-5-16-12)10-2-6-17-13(8-10)3-7-18-9-13/h1,4-5,10-11H,2-3,6-9,14H2. The minimum absolute atomic E-state index is 0.0578. The van der Waals surface area contributed by atoms with Gasteiger partial charge in [0.25, 0.3) is 0 Å². The van der Waals surface area contributed by atoms with Crippen LogP contribution in [-0.2, 0) is 4.74 Å². The number of aromatic nitrogens is 2. The Morgan fingerprint density at radius 1 is 1.44 bits per heavy atom. The van der Waals surface area contributed by atoms with Crippen molar-refractivity contribution in [3.63, 3.8) is 0 Å². The first-order valence-electron chi connectivity index (χ1n) is 6.53. The molecule has 3 heterocycles. The van der Waals surface area contributed by atoms with Crippen molar-refractivity contribution in [2.75, 3.05) is 18.1 Å². The fourth-order valence-electron chi connectivity index (χ4n) is 2.93. The molecule has 2 fully saturated rings. The Kier molecular flexibility index (Phi) is 3.54. The highest BCUT2D eigenvalue weighted by atomic mass is 32.2. The normalized spacial score (nSPS) is 33.7. The van der Waals surface area contributed by atoms with Gasteiger partial charge in [-0.3, -0.25) is 0 Å². The molecule has 0 radical (unpaired) electrons. The van der Waals surface area contributed by atoms with E-state index in [1.54, 1.807) is 12.4 Å². The van der Waals surface area contributed by atoms with Crippen LogP contribution in [0, 0.1) is 5.92 Å². The van der Waals surface area contributed by atoms with Crippen LogP contribution in [0.3, 0.4) is 0 Å². The Morgan fingerprint density at radius 3 is 3.00 bits per heavy atom. The Bertz CT molecular complexity index is 394. The smallest absolute Gasteiger partial charge is 0.145 e. The maximum absolute atomic E-state index is 6.33. The minimum Gasteiger partial charge on any atom is -0.374 e. The van der Waals surface area contributed by atoms with E-state index in [2.05, 4.69) is 9.97 Å². The highest BCUT2D eigenvalue weighted by Crippen LogP contribution is 2.42. The third kappa shape index (κ3) is 2.39. The molecule has 1 aromatic heterocycles. The summed E-state index contributed by atoms with van der Waals surface area (Å²) in [5.41, 5.74) is 6.42. The molecule has 2 aliphatic heterocycles. The van der Waals surface area contributed by atoms with Crippen molar-refractivity contribution < 1.29 is 4.74 Å². The monoisotopic (exact) mass is 265 g/mol. The summed E-state index contributed by atoms with van der Waals surface area (Å²) in [4.78, 5) is 8.57. The van der Waals surface area contributed by atoms with E-state index in [-0.39, 0.29) is 11.6 Å². The van der Waals surface area contributed by atoms with Crippen LogP contribution in [0.15, 0.2) is 18.5 Å². The number of hydrogen-bond acceptors (Lipinski definition) is 5. The van der Waals surface area contributed by atoms with Crippen LogP contribution < -0.4 is 5.73 Å². The number of nitrogens with zero attached hydrogens (tertiary/aromatic N) is 2. The maximum atomic E-state index is 6.33. The van der Waals surface area contributed by atoms with Crippen molar-refractivity contribution in [2.24, 2.45) is 11.7 Å². The number of rotatable bonds is 2. The molecule has 4 nitrogen and oxygen atoms in total. The first kappa shape index (κ1) is 12.4. The van der Waals surface area contributed by atoms with Crippen LogP contribution >= 0.6 is 11.8 Å². The second-order valence-electron chi connectivity index (χ2n) is 5.22. The van der Waals surface area contributed by atoms with Gasteiger partial charge in [0.1, 0.15) is 5.82 Å². The first-order chi connectivity index (χ1) is 8.79. The molecule has 98 valence electrons. The van der Waals surface area contributed by atoms with Crippen LogP contribution in [0.5, 0.6) is 0 Å². The predicted octanol–water partition coefficient (Wildman–Crippen LogP) is 1.78. The Morgan fingerprint density at radius 2 is 2.28 bits per heavy atom. The van der Waals surface area contributed by atoms with Crippen LogP contribution in [-0.4, -0.2) is 33.7 Å². The first-order valence-corrected chi connectivity index (χ1v) is 7.69. The number of ether oxygens (including phenoxy) is 1. The van der Waals surface area contributed by atoms with Gasteiger partial charge in [-0.15, -0.1) is 0 Å². The van der Waals surface area contributed by atoms with Gasteiger partial charge in [0, 0.05) is 24.8 Å². The van der Waals surface area contributed by atoms with Gasteiger partial charge in [0.15, 0.2) is 0 Å². The maximum Gasteiger partial charge on any atom is 0.145 e. The van der Waals surface area contributed by atoms with E-state index in [0.717, 1.165) is 37.4 Å². The molecular weight excluding hydrogens is 246 g/mol. The van der Waals surface area contributed by atoms with Crippen molar-refractivity contribution in [3.05, 3.63) is 24.3 Å². The molecule has 1 spiro atoms. The molecule has 0 amide bonds. The molecule has 0 aromatic carbocycles. The number of hydrogen-bond donors (Lipinski definition) is 1. The molecule has 5 heteroatoms. The van der Waals surface area contributed by atoms with Crippen LogP contribution in [0.2, 0.25) is 0 Å².